The summed E-state index contributed by atoms with van der Waals surface area (Å²) < 4.78 is 39.2. The topological polar surface area (TPSA) is 149 Å². The predicted molar refractivity (Wildman–Crippen MR) is 120 cm³/mol. The van der Waals surface area contributed by atoms with E-state index in [1.807, 2.05) is 0 Å². The Bertz CT molecular complexity index is 1320. The molecule has 1 aromatic heterocycles. The second-order valence-corrected chi connectivity index (χ2v) is 8.39. The summed E-state index contributed by atoms with van der Waals surface area (Å²) in [6, 6.07) is 12.3. The number of aromatic nitrogens is 2. The molecular weight excluding hydrogens is 452 g/mol. The van der Waals surface area contributed by atoms with Crippen molar-refractivity contribution >= 4 is 27.3 Å². The SMILES string of the molecule is COCCn1nc(C(=O)Nc2cc(S(=O)(=O)Nc3ccccc3OC)ccc2O)ccc1=O. The number of sulfonamides is 1. The van der Waals surface area contributed by atoms with Crippen LogP contribution in [0.15, 0.2) is 64.3 Å². The summed E-state index contributed by atoms with van der Waals surface area (Å²) in [7, 11) is -1.20. The number of amides is 1. The zero-order valence-corrected chi connectivity index (χ0v) is 18.6. The number of anilines is 2. The Morgan fingerprint density at radius 2 is 1.85 bits per heavy atom. The number of hydrogen-bond donors (Lipinski definition) is 3. The Morgan fingerprint density at radius 1 is 1.09 bits per heavy atom. The number of methoxy groups -OCH3 is 2. The van der Waals surface area contributed by atoms with Gasteiger partial charge < -0.3 is 19.9 Å². The largest absolute Gasteiger partial charge is 0.506 e. The number of aromatic hydroxyl groups is 1. The number of ether oxygens (including phenoxy) is 2. The third-order valence-corrected chi connectivity index (χ3v) is 5.85. The van der Waals surface area contributed by atoms with Crippen LogP contribution in [0.4, 0.5) is 11.4 Å². The number of rotatable bonds is 9. The lowest BCUT2D eigenvalue weighted by atomic mass is 10.2. The summed E-state index contributed by atoms with van der Waals surface area (Å²) in [6.07, 6.45) is 0. The first-order valence-electron chi connectivity index (χ1n) is 9.62. The third kappa shape index (κ3) is 5.67. The molecule has 2 aromatic carbocycles. The first-order valence-corrected chi connectivity index (χ1v) is 11.1. The van der Waals surface area contributed by atoms with Gasteiger partial charge in [0.05, 0.1) is 36.5 Å². The number of phenolic OH excluding ortho intramolecular Hbond substituents is 1. The Kier molecular flexibility index (Phi) is 7.30. The molecule has 0 fully saturated rings. The molecule has 3 N–H and O–H groups in total. The number of para-hydroxylation sites is 2. The molecule has 0 aliphatic carbocycles. The molecule has 0 bridgehead atoms. The lowest BCUT2D eigenvalue weighted by Gasteiger charge is -2.13. The van der Waals surface area contributed by atoms with Crippen molar-refractivity contribution in [2.75, 3.05) is 30.9 Å². The second-order valence-electron chi connectivity index (χ2n) is 6.71. The van der Waals surface area contributed by atoms with E-state index in [1.165, 1.54) is 38.5 Å². The first-order chi connectivity index (χ1) is 15.7. The Morgan fingerprint density at radius 3 is 2.58 bits per heavy atom. The van der Waals surface area contributed by atoms with Gasteiger partial charge in [-0.2, -0.15) is 5.10 Å². The zero-order chi connectivity index (χ0) is 24.0. The van der Waals surface area contributed by atoms with Gasteiger partial charge in [0.15, 0.2) is 0 Å². The zero-order valence-electron chi connectivity index (χ0n) is 17.8. The molecular formula is C21H22N4O7S. The highest BCUT2D eigenvalue weighted by molar-refractivity contribution is 7.92. The van der Waals surface area contributed by atoms with Crippen LogP contribution >= 0.6 is 0 Å². The van der Waals surface area contributed by atoms with Gasteiger partial charge >= 0.3 is 0 Å². The monoisotopic (exact) mass is 474 g/mol. The van der Waals surface area contributed by atoms with Crippen LogP contribution in [0.25, 0.3) is 0 Å². The highest BCUT2D eigenvalue weighted by Crippen LogP contribution is 2.30. The maximum Gasteiger partial charge on any atom is 0.276 e. The molecule has 33 heavy (non-hydrogen) atoms. The molecule has 0 radical (unpaired) electrons. The number of phenols is 1. The van der Waals surface area contributed by atoms with E-state index in [0.29, 0.717) is 5.75 Å². The van der Waals surface area contributed by atoms with Gasteiger partial charge in [-0.3, -0.25) is 14.3 Å². The van der Waals surface area contributed by atoms with Gasteiger partial charge in [-0.05, 0) is 36.4 Å². The van der Waals surface area contributed by atoms with E-state index in [9.17, 15) is 23.1 Å². The molecule has 0 unspecified atom stereocenters. The number of carbonyl (C=O) groups is 1. The van der Waals surface area contributed by atoms with Gasteiger partial charge in [-0.1, -0.05) is 12.1 Å². The number of carbonyl (C=O) groups excluding carboxylic acids is 1. The van der Waals surface area contributed by atoms with E-state index in [4.69, 9.17) is 9.47 Å². The molecule has 0 atom stereocenters. The minimum Gasteiger partial charge on any atom is -0.506 e. The van der Waals surface area contributed by atoms with Crippen molar-refractivity contribution in [2.45, 2.75) is 11.4 Å². The summed E-state index contributed by atoms with van der Waals surface area (Å²) in [6.45, 7) is 0.363. The van der Waals surface area contributed by atoms with Crippen LogP contribution in [0.1, 0.15) is 10.5 Å². The van der Waals surface area contributed by atoms with E-state index >= 15 is 0 Å². The highest BCUT2D eigenvalue weighted by Gasteiger charge is 2.20. The minimum absolute atomic E-state index is 0.106. The van der Waals surface area contributed by atoms with Gasteiger partial charge in [0, 0.05) is 13.2 Å². The van der Waals surface area contributed by atoms with E-state index < -0.39 is 21.5 Å². The number of hydrogen-bond acceptors (Lipinski definition) is 8. The quantitative estimate of drug-likeness (QED) is 0.397. The van der Waals surface area contributed by atoms with Crippen LogP contribution in [0.2, 0.25) is 0 Å². The molecule has 1 heterocycles. The van der Waals surface area contributed by atoms with Crippen LogP contribution in [-0.2, 0) is 21.3 Å². The smallest absolute Gasteiger partial charge is 0.276 e. The normalized spacial score (nSPS) is 11.1. The fourth-order valence-electron chi connectivity index (χ4n) is 2.81. The summed E-state index contributed by atoms with van der Waals surface area (Å²) in [5.74, 6) is -0.779. The van der Waals surface area contributed by atoms with Crippen LogP contribution in [-0.4, -0.2) is 50.0 Å². The minimum atomic E-state index is -4.08. The molecule has 0 saturated carbocycles. The average Bonchev–Trinajstić information content (AvgIpc) is 2.80. The van der Waals surface area contributed by atoms with Crippen molar-refractivity contribution in [1.82, 2.24) is 9.78 Å². The van der Waals surface area contributed by atoms with E-state index in [1.54, 1.807) is 18.2 Å². The van der Waals surface area contributed by atoms with Gasteiger partial charge in [-0.25, -0.2) is 13.1 Å². The van der Waals surface area contributed by atoms with Crippen LogP contribution < -0.4 is 20.3 Å². The van der Waals surface area contributed by atoms with Crippen molar-refractivity contribution in [2.24, 2.45) is 0 Å². The lowest BCUT2D eigenvalue weighted by molar-refractivity contribution is 0.101. The maximum absolute atomic E-state index is 12.8. The molecule has 0 aliphatic rings. The Balaban J connectivity index is 1.86. The summed E-state index contributed by atoms with van der Waals surface area (Å²) in [4.78, 5) is 24.3. The van der Waals surface area contributed by atoms with Crippen molar-refractivity contribution in [3.8, 4) is 11.5 Å². The summed E-state index contributed by atoms with van der Waals surface area (Å²) in [5.41, 5.74) is -0.451. The van der Waals surface area contributed by atoms with Crippen molar-refractivity contribution in [3.05, 3.63) is 70.6 Å². The molecule has 1 amide bonds. The van der Waals surface area contributed by atoms with E-state index in [-0.39, 0.29) is 40.9 Å². The van der Waals surface area contributed by atoms with Crippen LogP contribution in [0.5, 0.6) is 11.5 Å². The number of nitrogens with one attached hydrogen (secondary N) is 2. The Hall–Kier alpha value is -3.90. The maximum atomic E-state index is 12.8. The van der Waals surface area contributed by atoms with Gasteiger partial charge in [0.2, 0.25) is 0 Å². The van der Waals surface area contributed by atoms with E-state index in [0.717, 1.165) is 16.8 Å². The van der Waals surface area contributed by atoms with Crippen molar-refractivity contribution < 1.29 is 27.8 Å². The summed E-state index contributed by atoms with van der Waals surface area (Å²) in [5, 5.41) is 16.5. The fraction of sp³-hybridized carbons (Fsp3) is 0.190. The average molecular weight is 474 g/mol. The number of nitrogens with zero attached hydrogens (tertiary/aromatic N) is 2. The molecule has 11 nitrogen and oxygen atoms in total. The first kappa shape index (κ1) is 23.8. The fourth-order valence-corrected chi connectivity index (χ4v) is 3.91. The molecule has 174 valence electrons. The van der Waals surface area contributed by atoms with Crippen molar-refractivity contribution in [3.63, 3.8) is 0 Å². The molecule has 3 rings (SSSR count). The standard InChI is InChI=1S/C21H22N4O7S/c1-31-12-11-25-20(27)10-8-16(23-25)21(28)22-17-13-14(7-9-18(17)26)33(29,30)24-15-5-3-4-6-19(15)32-2/h3-10,13,24,26H,11-12H2,1-2H3,(H,22,28). The lowest BCUT2D eigenvalue weighted by Crippen LogP contribution is -2.27. The van der Waals surface area contributed by atoms with Crippen LogP contribution in [0.3, 0.4) is 0 Å². The third-order valence-electron chi connectivity index (χ3n) is 4.48. The van der Waals surface area contributed by atoms with E-state index in [2.05, 4.69) is 15.1 Å². The molecule has 12 heteroatoms. The van der Waals surface area contributed by atoms with Gasteiger partial charge in [-0.15, -0.1) is 0 Å². The molecule has 3 aromatic rings. The second kappa shape index (κ2) is 10.1. The summed E-state index contributed by atoms with van der Waals surface area (Å²) >= 11 is 0. The molecule has 0 saturated heterocycles. The molecule has 0 spiro atoms. The number of benzene rings is 2. The van der Waals surface area contributed by atoms with Crippen molar-refractivity contribution in [1.29, 1.82) is 0 Å². The predicted octanol–water partition coefficient (Wildman–Crippen LogP) is 1.66. The molecule has 0 aliphatic heterocycles. The van der Waals surface area contributed by atoms with Gasteiger partial charge in [0.1, 0.15) is 17.2 Å². The highest BCUT2D eigenvalue weighted by atomic mass is 32.2. The Labute approximate surface area is 189 Å². The van der Waals surface area contributed by atoms with Crippen LogP contribution in [0, 0.1) is 0 Å². The van der Waals surface area contributed by atoms with Gasteiger partial charge in [0.25, 0.3) is 21.5 Å².